The first kappa shape index (κ1) is 14.8. The van der Waals surface area contributed by atoms with E-state index in [1.165, 1.54) is 5.56 Å². The van der Waals surface area contributed by atoms with Crippen molar-refractivity contribution in [2.24, 2.45) is 5.92 Å². The van der Waals surface area contributed by atoms with Crippen LogP contribution in [0.5, 0.6) is 0 Å². The summed E-state index contributed by atoms with van der Waals surface area (Å²) in [6, 6.07) is 10.4. The van der Waals surface area contributed by atoms with E-state index >= 15 is 0 Å². The second-order valence-electron chi connectivity index (χ2n) is 6.12. The highest BCUT2D eigenvalue weighted by molar-refractivity contribution is 7.80. The first-order valence-electron chi connectivity index (χ1n) is 7.52. The minimum absolute atomic E-state index is 0.0413. The number of benzene rings is 1. The van der Waals surface area contributed by atoms with Gasteiger partial charge in [0.25, 0.3) is 0 Å². The Labute approximate surface area is 131 Å². The van der Waals surface area contributed by atoms with Crippen molar-refractivity contribution in [3.63, 3.8) is 0 Å². The smallest absolute Gasteiger partial charge is 0.172 e. The molecule has 2 N–H and O–H groups in total. The quantitative estimate of drug-likeness (QED) is 0.822. The minimum atomic E-state index is -0.358. The highest BCUT2D eigenvalue weighted by Gasteiger charge is 2.47. The van der Waals surface area contributed by atoms with Gasteiger partial charge in [-0.05, 0) is 24.2 Å². The molecule has 0 amide bonds. The lowest BCUT2D eigenvalue weighted by Crippen LogP contribution is -2.55. The highest BCUT2D eigenvalue weighted by atomic mass is 32.1. The van der Waals surface area contributed by atoms with Crippen LogP contribution < -0.4 is 0 Å². The van der Waals surface area contributed by atoms with Crippen LogP contribution in [0.15, 0.2) is 30.3 Å². The van der Waals surface area contributed by atoms with Crippen molar-refractivity contribution in [1.82, 2.24) is 9.80 Å². The minimum Gasteiger partial charge on any atom is -0.394 e. The van der Waals surface area contributed by atoms with E-state index in [0.717, 1.165) is 18.2 Å². The molecule has 2 heterocycles. The van der Waals surface area contributed by atoms with Gasteiger partial charge < -0.3 is 20.0 Å². The van der Waals surface area contributed by atoms with Gasteiger partial charge in [0.15, 0.2) is 5.11 Å². The Kier molecular flexibility index (Phi) is 4.15. The maximum Gasteiger partial charge on any atom is 0.172 e. The van der Waals surface area contributed by atoms with Crippen LogP contribution in [-0.2, 0) is 6.54 Å². The summed E-state index contributed by atoms with van der Waals surface area (Å²) >= 11 is 5.63. The van der Waals surface area contributed by atoms with Gasteiger partial charge in [0.05, 0.1) is 24.8 Å². The third-order valence-corrected chi connectivity index (χ3v) is 5.27. The predicted octanol–water partition coefficient (Wildman–Crippen LogP) is 1.22. The number of fused-ring (bicyclic) bond motifs is 1. The van der Waals surface area contributed by atoms with E-state index in [1.54, 1.807) is 0 Å². The molecule has 2 fully saturated rings. The third-order valence-electron chi connectivity index (χ3n) is 4.80. The zero-order chi connectivity index (χ0) is 15.0. The second kappa shape index (κ2) is 5.91. The molecule has 1 aromatic rings. The number of hydrogen-bond donors (Lipinski definition) is 2. The predicted molar refractivity (Wildman–Crippen MR) is 85.7 cm³/mol. The summed E-state index contributed by atoms with van der Waals surface area (Å²) in [5.41, 5.74) is 1.23. The molecule has 21 heavy (non-hydrogen) atoms. The molecule has 0 spiro atoms. The van der Waals surface area contributed by atoms with Gasteiger partial charge in [-0.1, -0.05) is 37.3 Å². The fourth-order valence-corrected chi connectivity index (χ4v) is 3.93. The molecule has 0 radical (unpaired) electrons. The average molecular weight is 306 g/mol. The second-order valence-corrected chi connectivity index (χ2v) is 6.49. The number of hydrogen-bond acceptors (Lipinski definition) is 3. The van der Waals surface area contributed by atoms with Crippen molar-refractivity contribution in [3.05, 3.63) is 35.9 Å². The van der Waals surface area contributed by atoms with Crippen molar-refractivity contribution in [1.29, 1.82) is 0 Å². The lowest BCUT2D eigenvalue weighted by molar-refractivity contribution is -0.0135. The Hall–Kier alpha value is -1.17. The molecule has 2 aliphatic heterocycles. The van der Waals surface area contributed by atoms with Gasteiger partial charge >= 0.3 is 0 Å². The van der Waals surface area contributed by atoms with Crippen LogP contribution in [0.1, 0.15) is 18.9 Å². The van der Waals surface area contributed by atoms with E-state index in [0.29, 0.717) is 6.42 Å². The largest absolute Gasteiger partial charge is 0.394 e. The molecule has 2 saturated heterocycles. The number of thiocarbonyl (C=S) groups is 1. The van der Waals surface area contributed by atoms with Crippen LogP contribution >= 0.6 is 12.2 Å². The summed E-state index contributed by atoms with van der Waals surface area (Å²) in [4.78, 5) is 4.34. The molecule has 0 aliphatic carbocycles. The van der Waals surface area contributed by atoms with E-state index in [9.17, 15) is 10.2 Å². The van der Waals surface area contributed by atoms with E-state index in [-0.39, 0.29) is 30.7 Å². The fourth-order valence-electron chi connectivity index (χ4n) is 3.51. The molecule has 4 atom stereocenters. The average Bonchev–Trinajstić information content (AvgIpc) is 2.82. The number of piperidine rings is 1. The summed E-state index contributed by atoms with van der Waals surface area (Å²) in [6.45, 7) is 3.72. The maximum atomic E-state index is 10.2. The topological polar surface area (TPSA) is 46.9 Å². The van der Waals surface area contributed by atoms with Crippen LogP contribution in [0, 0.1) is 5.92 Å². The zero-order valence-corrected chi connectivity index (χ0v) is 13.0. The van der Waals surface area contributed by atoms with Gasteiger partial charge in [-0.25, -0.2) is 0 Å². The highest BCUT2D eigenvalue weighted by Crippen LogP contribution is 2.34. The van der Waals surface area contributed by atoms with Gasteiger partial charge in [-0.3, -0.25) is 0 Å². The molecule has 1 aromatic carbocycles. The van der Waals surface area contributed by atoms with Gasteiger partial charge in [-0.15, -0.1) is 0 Å². The molecule has 0 bridgehead atoms. The Bertz CT molecular complexity index is 510. The van der Waals surface area contributed by atoms with Crippen molar-refractivity contribution in [2.75, 3.05) is 13.2 Å². The standard InChI is InChI=1S/C16H22N2O2S/c1-11-14-9-17(8-12-5-3-2-4-6-12)16(21)18(14)13(10-19)7-15(11)20/h2-6,11,13-15,19-20H,7-10H2,1H3/t11-,13-,14-,15+/m1/s1. The van der Waals surface area contributed by atoms with Gasteiger partial charge in [0.1, 0.15) is 0 Å². The van der Waals surface area contributed by atoms with E-state index < -0.39 is 0 Å². The van der Waals surface area contributed by atoms with E-state index in [2.05, 4.69) is 28.9 Å². The third kappa shape index (κ3) is 2.65. The molecule has 5 heteroatoms. The molecule has 114 valence electrons. The number of rotatable bonds is 3. The molecular weight excluding hydrogens is 284 g/mol. The molecule has 3 rings (SSSR count). The summed E-state index contributed by atoms with van der Waals surface area (Å²) in [6.07, 6.45) is 0.232. The van der Waals surface area contributed by atoms with Crippen LogP contribution in [0.4, 0.5) is 0 Å². The molecule has 0 saturated carbocycles. The van der Waals surface area contributed by atoms with Crippen LogP contribution in [0.3, 0.4) is 0 Å². The lowest BCUT2D eigenvalue weighted by atomic mass is 9.85. The van der Waals surface area contributed by atoms with Crippen LogP contribution in [0.2, 0.25) is 0 Å². The van der Waals surface area contributed by atoms with Crippen molar-refractivity contribution in [3.8, 4) is 0 Å². The Morgan fingerprint density at radius 2 is 2.00 bits per heavy atom. The van der Waals surface area contributed by atoms with Crippen LogP contribution in [-0.4, -0.2) is 56.5 Å². The summed E-state index contributed by atoms with van der Waals surface area (Å²) in [7, 11) is 0. The van der Waals surface area contributed by atoms with Crippen molar-refractivity contribution >= 4 is 17.3 Å². The SMILES string of the molecule is C[C@@H]1[C@H]2CN(Cc3ccccc3)C(=S)N2[C@@H](CO)C[C@@H]1O. The lowest BCUT2D eigenvalue weighted by Gasteiger charge is -2.43. The first-order valence-corrected chi connectivity index (χ1v) is 7.92. The van der Waals surface area contributed by atoms with Gasteiger partial charge in [0.2, 0.25) is 0 Å². The van der Waals surface area contributed by atoms with Gasteiger partial charge in [-0.2, -0.15) is 0 Å². The van der Waals surface area contributed by atoms with Crippen molar-refractivity contribution in [2.45, 2.75) is 38.1 Å². The number of aliphatic hydroxyl groups is 2. The zero-order valence-electron chi connectivity index (χ0n) is 12.2. The van der Waals surface area contributed by atoms with E-state index in [1.807, 2.05) is 18.2 Å². The molecular formula is C16H22N2O2S. The summed E-state index contributed by atoms with van der Waals surface area (Å²) in [5, 5.41) is 20.6. The van der Waals surface area contributed by atoms with Crippen LogP contribution in [0.25, 0.3) is 0 Å². The summed E-state index contributed by atoms with van der Waals surface area (Å²) in [5.74, 6) is 0.173. The van der Waals surface area contributed by atoms with Gasteiger partial charge in [0, 0.05) is 19.0 Å². The Morgan fingerprint density at radius 1 is 1.29 bits per heavy atom. The fraction of sp³-hybridized carbons (Fsp3) is 0.562. The first-order chi connectivity index (χ1) is 10.1. The van der Waals surface area contributed by atoms with Crippen molar-refractivity contribution < 1.29 is 10.2 Å². The molecule has 0 aromatic heterocycles. The number of aliphatic hydroxyl groups excluding tert-OH is 2. The summed E-state index contributed by atoms with van der Waals surface area (Å²) < 4.78 is 0. The van der Waals surface area contributed by atoms with E-state index in [4.69, 9.17) is 12.2 Å². The Morgan fingerprint density at radius 3 is 2.67 bits per heavy atom. The molecule has 4 nitrogen and oxygen atoms in total. The monoisotopic (exact) mass is 306 g/mol. The molecule has 0 unspecified atom stereocenters. The molecule has 2 aliphatic rings. The number of nitrogens with zero attached hydrogens (tertiary/aromatic N) is 2. The Balaban J connectivity index is 1.79. The normalized spacial score (nSPS) is 32.4. The maximum absolute atomic E-state index is 10.2.